The summed E-state index contributed by atoms with van der Waals surface area (Å²) in [5.41, 5.74) is 7.91. The minimum atomic E-state index is 0.126. The molecular weight excluding hydrogens is 530 g/mol. The summed E-state index contributed by atoms with van der Waals surface area (Å²) in [6.07, 6.45) is 6.48. The van der Waals surface area contributed by atoms with Crippen molar-refractivity contribution < 1.29 is 9.47 Å². The van der Waals surface area contributed by atoms with Crippen LogP contribution >= 0.6 is 0 Å². The van der Waals surface area contributed by atoms with Crippen LogP contribution in [0.5, 0.6) is 11.5 Å². The van der Waals surface area contributed by atoms with Gasteiger partial charge in [0.2, 0.25) is 0 Å². The molecule has 0 aliphatic carbocycles. The maximum Gasteiger partial charge on any atom is 0.119 e. The highest BCUT2D eigenvalue weighted by atomic mass is 16.5. The summed E-state index contributed by atoms with van der Waals surface area (Å²) in [5, 5.41) is 3.65. The van der Waals surface area contributed by atoms with E-state index in [1.54, 1.807) is 14.2 Å². The van der Waals surface area contributed by atoms with E-state index in [1.807, 2.05) is 36.5 Å². The van der Waals surface area contributed by atoms with Crippen molar-refractivity contribution in [1.82, 2.24) is 4.98 Å². The molecule has 1 atom stereocenters. The fourth-order valence-electron chi connectivity index (χ4n) is 6.24. The number of para-hydroxylation sites is 1. The van der Waals surface area contributed by atoms with Gasteiger partial charge in [0.15, 0.2) is 0 Å². The fourth-order valence-corrected chi connectivity index (χ4v) is 6.24. The normalized spacial score (nSPS) is 14.1. The first-order valence-corrected chi connectivity index (χ1v) is 14.6. The first-order chi connectivity index (χ1) is 21.2. The number of rotatable bonds is 8. The lowest BCUT2D eigenvalue weighted by atomic mass is 9.99. The first kappa shape index (κ1) is 26.6. The molecule has 5 aromatic carbocycles. The second-order valence-electron chi connectivity index (χ2n) is 10.7. The molecule has 7 rings (SSSR count). The lowest BCUT2D eigenvalue weighted by Crippen LogP contribution is -2.22. The van der Waals surface area contributed by atoms with Crippen molar-refractivity contribution >= 4 is 50.5 Å². The van der Waals surface area contributed by atoms with Crippen molar-refractivity contribution in [1.29, 1.82) is 0 Å². The molecule has 5 heteroatoms. The van der Waals surface area contributed by atoms with Gasteiger partial charge < -0.3 is 19.3 Å². The molecule has 2 heterocycles. The lowest BCUT2D eigenvalue weighted by Gasteiger charge is -2.28. The van der Waals surface area contributed by atoms with Crippen LogP contribution in [-0.4, -0.2) is 25.7 Å². The highest BCUT2D eigenvalue weighted by Gasteiger charge is 2.30. The fraction of sp³-hybridized carbons (Fsp3) is 0.132. The molecule has 0 radical (unpaired) electrons. The molecule has 212 valence electrons. The Bertz CT molecular complexity index is 1900. The molecular formula is C38H33N3O2. The van der Waals surface area contributed by atoms with Gasteiger partial charge in [-0.05, 0) is 90.8 Å². The highest BCUT2D eigenvalue weighted by Crippen LogP contribution is 2.49. The number of nitrogens with zero attached hydrogens (tertiary/aromatic N) is 3. The van der Waals surface area contributed by atoms with Crippen LogP contribution in [-0.2, 0) is 0 Å². The molecule has 6 aromatic rings. The van der Waals surface area contributed by atoms with Gasteiger partial charge in [0.1, 0.15) is 11.5 Å². The summed E-state index contributed by atoms with van der Waals surface area (Å²) in [4.78, 5) is 9.46. The van der Waals surface area contributed by atoms with Crippen molar-refractivity contribution in [3.05, 3.63) is 133 Å². The third kappa shape index (κ3) is 4.73. The molecule has 0 bridgehead atoms. The number of ether oxygens (including phenoxy) is 2. The van der Waals surface area contributed by atoms with E-state index in [0.29, 0.717) is 0 Å². The number of hydrogen-bond acceptors (Lipinski definition) is 5. The Hall–Kier alpha value is -5.29. The van der Waals surface area contributed by atoms with Crippen LogP contribution in [0, 0.1) is 0 Å². The molecule has 0 spiro atoms. The van der Waals surface area contributed by atoms with E-state index in [9.17, 15) is 0 Å². The molecule has 5 nitrogen and oxygen atoms in total. The van der Waals surface area contributed by atoms with Crippen LogP contribution in [0.1, 0.15) is 24.1 Å². The average molecular weight is 564 g/mol. The predicted octanol–water partition coefficient (Wildman–Crippen LogP) is 9.47. The van der Waals surface area contributed by atoms with Gasteiger partial charge in [-0.2, -0.15) is 0 Å². The van der Waals surface area contributed by atoms with E-state index in [1.165, 1.54) is 22.0 Å². The number of benzene rings is 5. The smallest absolute Gasteiger partial charge is 0.119 e. The maximum atomic E-state index is 5.46. The van der Waals surface area contributed by atoms with Crippen LogP contribution in [0.15, 0.2) is 121 Å². The van der Waals surface area contributed by atoms with Gasteiger partial charge in [-0.25, -0.2) is 0 Å². The van der Waals surface area contributed by atoms with Gasteiger partial charge in [0, 0.05) is 46.0 Å². The Morgan fingerprint density at radius 2 is 1.49 bits per heavy atom. The maximum absolute atomic E-state index is 5.46. The van der Waals surface area contributed by atoms with E-state index in [0.717, 1.165) is 51.6 Å². The van der Waals surface area contributed by atoms with Crippen LogP contribution in [0.2, 0.25) is 0 Å². The lowest BCUT2D eigenvalue weighted by molar-refractivity contribution is 0.415. The van der Waals surface area contributed by atoms with E-state index < -0.39 is 0 Å². The van der Waals surface area contributed by atoms with Gasteiger partial charge in [0.25, 0.3) is 0 Å². The van der Waals surface area contributed by atoms with E-state index in [4.69, 9.17) is 9.47 Å². The van der Waals surface area contributed by atoms with Crippen LogP contribution in [0.3, 0.4) is 0 Å². The number of pyridine rings is 1. The van der Waals surface area contributed by atoms with E-state index in [2.05, 4.69) is 113 Å². The number of anilines is 4. The number of fused-ring (bicyclic) bond motifs is 1. The molecule has 0 fully saturated rings. The Morgan fingerprint density at radius 1 is 0.791 bits per heavy atom. The number of aromatic nitrogens is 1. The number of methoxy groups -OCH3 is 2. The molecule has 0 saturated carbocycles. The largest absolute Gasteiger partial charge is 0.497 e. The van der Waals surface area contributed by atoms with Gasteiger partial charge >= 0.3 is 0 Å². The molecule has 1 aliphatic rings. The zero-order valence-electron chi connectivity index (χ0n) is 24.6. The van der Waals surface area contributed by atoms with Crippen LogP contribution in [0.25, 0.3) is 27.8 Å². The van der Waals surface area contributed by atoms with Gasteiger partial charge in [-0.3, -0.25) is 4.98 Å². The molecule has 43 heavy (non-hydrogen) atoms. The molecule has 1 aromatic heterocycles. The molecule has 1 unspecified atom stereocenters. The molecule has 0 saturated heterocycles. The average Bonchev–Trinajstić information content (AvgIpc) is 3.38. The Kier molecular flexibility index (Phi) is 6.92. The van der Waals surface area contributed by atoms with Crippen LogP contribution in [0.4, 0.5) is 22.7 Å². The van der Waals surface area contributed by atoms with Crippen molar-refractivity contribution in [3.63, 3.8) is 0 Å². The van der Waals surface area contributed by atoms with Crippen molar-refractivity contribution in [2.24, 2.45) is 0 Å². The quantitative estimate of drug-likeness (QED) is 0.184. The topological polar surface area (TPSA) is 37.8 Å². The van der Waals surface area contributed by atoms with E-state index in [-0.39, 0.29) is 6.04 Å². The number of likely N-dealkylation sites (N-methyl/N-ethyl adjacent to an activating group) is 1. The molecule has 0 N–H and O–H groups in total. The molecule has 1 aliphatic heterocycles. The SMILES string of the molecule is CCN1c2ccc(N(c3ccc(OC)cc3)c3ccc(OC)cc3)c3cccc(c23)C1/C=C/c1cnc2ccccc2c1. The summed E-state index contributed by atoms with van der Waals surface area (Å²) < 4.78 is 10.9. The van der Waals surface area contributed by atoms with Gasteiger partial charge in [-0.1, -0.05) is 48.6 Å². The second kappa shape index (κ2) is 11.2. The predicted molar refractivity (Wildman–Crippen MR) is 178 cm³/mol. The van der Waals surface area contributed by atoms with E-state index >= 15 is 0 Å². The summed E-state index contributed by atoms with van der Waals surface area (Å²) >= 11 is 0. The van der Waals surface area contributed by atoms with Gasteiger partial charge in [-0.15, -0.1) is 0 Å². The third-order valence-corrected chi connectivity index (χ3v) is 8.32. The van der Waals surface area contributed by atoms with Crippen molar-refractivity contribution in [3.8, 4) is 11.5 Å². The first-order valence-electron chi connectivity index (χ1n) is 14.6. The highest BCUT2D eigenvalue weighted by molar-refractivity contribution is 6.09. The Labute approximate surface area is 252 Å². The zero-order valence-corrected chi connectivity index (χ0v) is 24.6. The Balaban J connectivity index is 1.35. The van der Waals surface area contributed by atoms with Crippen LogP contribution < -0.4 is 19.3 Å². The van der Waals surface area contributed by atoms with Gasteiger partial charge in [0.05, 0.1) is 31.5 Å². The van der Waals surface area contributed by atoms with Crippen molar-refractivity contribution in [2.75, 3.05) is 30.6 Å². The Morgan fingerprint density at radius 3 is 2.16 bits per heavy atom. The summed E-state index contributed by atoms with van der Waals surface area (Å²) in [6, 6.07) is 38.2. The standard InChI is InChI=1S/C38H33N3O2/c1-4-40-35(21-12-26-24-27-8-5-6-11-34(27)39-25-26)32-9-7-10-33-36(22-23-37(40)38(32)33)41(28-13-17-30(42-2)18-14-28)29-15-19-31(43-3)20-16-29/h5-25,35H,4H2,1-3H3/b21-12+. The zero-order chi connectivity index (χ0) is 29.3. The summed E-state index contributed by atoms with van der Waals surface area (Å²) in [7, 11) is 3.39. The van der Waals surface area contributed by atoms with Crippen molar-refractivity contribution in [2.45, 2.75) is 13.0 Å². The molecule has 0 amide bonds. The third-order valence-electron chi connectivity index (χ3n) is 8.32. The number of hydrogen-bond donors (Lipinski definition) is 0. The second-order valence-corrected chi connectivity index (χ2v) is 10.7. The minimum absolute atomic E-state index is 0.126. The minimum Gasteiger partial charge on any atom is -0.497 e. The summed E-state index contributed by atoms with van der Waals surface area (Å²) in [5.74, 6) is 1.65. The summed E-state index contributed by atoms with van der Waals surface area (Å²) in [6.45, 7) is 3.12. The monoisotopic (exact) mass is 563 g/mol.